The molecule has 0 aromatic heterocycles. The molecule has 0 N–H and O–H groups in total. The van der Waals surface area contributed by atoms with Gasteiger partial charge in [0.05, 0.1) is 0 Å². The molecule has 4 rings (SSSR count). The van der Waals surface area contributed by atoms with Gasteiger partial charge in [0, 0.05) is 6.42 Å². The highest BCUT2D eigenvalue weighted by molar-refractivity contribution is 5.91. The van der Waals surface area contributed by atoms with Crippen molar-refractivity contribution in [2.75, 3.05) is 0 Å². The molecule has 0 radical (unpaired) electrons. The lowest BCUT2D eigenvalue weighted by atomic mass is 9.47. The van der Waals surface area contributed by atoms with E-state index in [1.807, 2.05) is 6.08 Å². The number of hydrogen-bond donors (Lipinski definition) is 0. The van der Waals surface area contributed by atoms with Crippen molar-refractivity contribution in [2.45, 2.75) is 72.1 Å². The molecule has 0 spiro atoms. The normalized spacial score (nSPS) is 52.7. The number of fused-ring (bicyclic) bond motifs is 5. The van der Waals surface area contributed by atoms with Crippen molar-refractivity contribution in [3.05, 3.63) is 11.6 Å². The van der Waals surface area contributed by atoms with Gasteiger partial charge in [0.25, 0.3) is 0 Å². The standard InChI is InChI=1S/C20H30O/c1-13-4-7-17-16-6-5-14-12-15(21)8-10-20(14,3)18(16)9-11-19(13,17)2/h12-13,16-18H,4-11H2,1-3H3/t13?,16?,17?,18?,19-,20+/m1/s1. The predicted octanol–water partition coefficient (Wildman–Crippen LogP) is 5.15. The highest BCUT2D eigenvalue weighted by atomic mass is 16.1. The van der Waals surface area contributed by atoms with E-state index < -0.39 is 0 Å². The fraction of sp³-hybridized carbons (Fsp3) is 0.850. The van der Waals surface area contributed by atoms with E-state index in [9.17, 15) is 4.79 Å². The minimum Gasteiger partial charge on any atom is -0.295 e. The van der Waals surface area contributed by atoms with E-state index in [0.29, 0.717) is 16.6 Å². The first-order chi connectivity index (χ1) is 9.95. The molecule has 0 aliphatic heterocycles. The Morgan fingerprint density at radius 3 is 2.62 bits per heavy atom. The summed E-state index contributed by atoms with van der Waals surface area (Å²) in [5, 5.41) is 0. The molecule has 21 heavy (non-hydrogen) atoms. The molecule has 3 saturated carbocycles. The van der Waals surface area contributed by atoms with E-state index in [-0.39, 0.29) is 0 Å². The van der Waals surface area contributed by atoms with Crippen molar-refractivity contribution in [1.29, 1.82) is 0 Å². The van der Waals surface area contributed by atoms with Gasteiger partial charge in [0.2, 0.25) is 0 Å². The van der Waals surface area contributed by atoms with E-state index >= 15 is 0 Å². The van der Waals surface area contributed by atoms with E-state index in [1.54, 1.807) is 0 Å². The van der Waals surface area contributed by atoms with E-state index in [0.717, 1.165) is 36.5 Å². The average Bonchev–Trinajstić information content (AvgIpc) is 2.76. The summed E-state index contributed by atoms with van der Waals surface area (Å²) < 4.78 is 0. The third-order valence-corrected chi connectivity index (χ3v) is 8.44. The summed E-state index contributed by atoms with van der Waals surface area (Å²) in [6.07, 6.45) is 12.2. The fourth-order valence-corrected chi connectivity index (χ4v) is 6.82. The van der Waals surface area contributed by atoms with Crippen molar-refractivity contribution in [1.82, 2.24) is 0 Å². The lowest BCUT2D eigenvalue weighted by Gasteiger charge is -2.58. The van der Waals surface area contributed by atoms with Crippen LogP contribution in [0.3, 0.4) is 0 Å². The number of carbonyl (C=O) groups excluding carboxylic acids is 1. The van der Waals surface area contributed by atoms with Crippen molar-refractivity contribution in [2.24, 2.45) is 34.5 Å². The Hall–Kier alpha value is -0.590. The van der Waals surface area contributed by atoms with Crippen LogP contribution in [0.5, 0.6) is 0 Å². The third kappa shape index (κ3) is 1.79. The molecule has 0 heterocycles. The van der Waals surface area contributed by atoms with Gasteiger partial charge in [-0.3, -0.25) is 4.79 Å². The van der Waals surface area contributed by atoms with Crippen molar-refractivity contribution < 1.29 is 4.79 Å². The van der Waals surface area contributed by atoms with Gasteiger partial charge in [-0.1, -0.05) is 26.3 Å². The second-order valence-corrected chi connectivity index (χ2v) is 8.99. The third-order valence-electron chi connectivity index (χ3n) is 8.44. The maximum Gasteiger partial charge on any atom is 0.155 e. The van der Waals surface area contributed by atoms with Gasteiger partial charge in [-0.25, -0.2) is 0 Å². The highest BCUT2D eigenvalue weighted by Crippen LogP contribution is 2.66. The van der Waals surface area contributed by atoms with Crippen LogP contribution in [-0.2, 0) is 4.79 Å². The second-order valence-electron chi connectivity index (χ2n) is 8.99. The molecule has 4 aliphatic carbocycles. The Bertz CT molecular complexity index is 504. The molecule has 1 nitrogen and oxygen atoms in total. The van der Waals surface area contributed by atoms with Crippen LogP contribution in [0.15, 0.2) is 11.6 Å². The molecule has 116 valence electrons. The summed E-state index contributed by atoms with van der Waals surface area (Å²) in [5.74, 6) is 4.05. The van der Waals surface area contributed by atoms with Gasteiger partial charge >= 0.3 is 0 Å². The molecule has 0 amide bonds. The van der Waals surface area contributed by atoms with Gasteiger partial charge < -0.3 is 0 Å². The second kappa shape index (κ2) is 4.46. The summed E-state index contributed by atoms with van der Waals surface area (Å²) in [4.78, 5) is 11.8. The summed E-state index contributed by atoms with van der Waals surface area (Å²) in [6, 6.07) is 0. The molecular formula is C20H30O. The van der Waals surface area contributed by atoms with Crippen LogP contribution in [0.4, 0.5) is 0 Å². The van der Waals surface area contributed by atoms with Crippen LogP contribution in [-0.4, -0.2) is 5.78 Å². The van der Waals surface area contributed by atoms with Gasteiger partial charge in [0.15, 0.2) is 5.78 Å². The van der Waals surface area contributed by atoms with E-state index in [2.05, 4.69) is 20.8 Å². The summed E-state index contributed by atoms with van der Waals surface area (Å²) in [6.45, 7) is 7.57. The lowest BCUT2D eigenvalue weighted by Crippen LogP contribution is -2.50. The van der Waals surface area contributed by atoms with Crippen molar-refractivity contribution in [3.63, 3.8) is 0 Å². The van der Waals surface area contributed by atoms with Gasteiger partial charge in [0.1, 0.15) is 0 Å². The molecule has 6 atom stereocenters. The maximum atomic E-state index is 11.8. The molecule has 0 bridgehead atoms. The Balaban J connectivity index is 1.69. The van der Waals surface area contributed by atoms with Crippen LogP contribution in [0.2, 0.25) is 0 Å². The summed E-state index contributed by atoms with van der Waals surface area (Å²) >= 11 is 0. The van der Waals surface area contributed by atoms with Gasteiger partial charge in [-0.15, -0.1) is 0 Å². The van der Waals surface area contributed by atoms with Gasteiger partial charge in [-0.05, 0) is 85.5 Å². The summed E-state index contributed by atoms with van der Waals surface area (Å²) in [7, 11) is 0. The Labute approximate surface area is 129 Å². The predicted molar refractivity (Wildman–Crippen MR) is 85.9 cm³/mol. The van der Waals surface area contributed by atoms with Crippen molar-refractivity contribution >= 4 is 5.78 Å². The first kappa shape index (κ1) is 14.0. The zero-order valence-electron chi connectivity index (χ0n) is 14.0. The molecule has 1 heteroatoms. The zero-order chi connectivity index (χ0) is 14.8. The van der Waals surface area contributed by atoms with Crippen LogP contribution < -0.4 is 0 Å². The number of ketones is 1. The minimum atomic E-state index is 0.351. The maximum absolute atomic E-state index is 11.8. The SMILES string of the molecule is CC1CCC2C3CCC4=CC(=O)CC[C@]4(C)C3CC[C@]12C. The Morgan fingerprint density at radius 1 is 1.00 bits per heavy atom. The molecule has 4 aliphatic rings. The van der Waals surface area contributed by atoms with Gasteiger partial charge in [-0.2, -0.15) is 0 Å². The van der Waals surface area contributed by atoms with Crippen LogP contribution in [0.25, 0.3) is 0 Å². The number of allylic oxidation sites excluding steroid dienone is 1. The monoisotopic (exact) mass is 286 g/mol. The average molecular weight is 286 g/mol. The molecule has 0 saturated heterocycles. The summed E-state index contributed by atoms with van der Waals surface area (Å²) in [5.41, 5.74) is 2.47. The lowest BCUT2D eigenvalue weighted by molar-refractivity contribution is -0.117. The van der Waals surface area contributed by atoms with E-state index in [4.69, 9.17) is 0 Å². The minimum absolute atomic E-state index is 0.351. The molecule has 3 fully saturated rings. The first-order valence-corrected chi connectivity index (χ1v) is 9.19. The number of carbonyl (C=O) groups is 1. The molecular weight excluding hydrogens is 256 g/mol. The van der Waals surface area contributed by atoms with Crippen molar-refractivity contribution in [3.8, 4) is 0 Å². The molecule has 0 aromatic rings. The molecule has 0 aromatic carbocycles. The Kier molecular flexibility index (Phi) is 2.98. The smallest absolute Gasteiger partial charge is 0.155 e. The van der Waals surface area contributed by atoms with Crippen LogP contribution >= 0.6 is 0 Å². The number of rotatable bonds is 0. The highest BCUT2D eigenvalue weighted by Gasteiger charge is 2.57. The fourth-order valence-electron chi connectivity index (χ4n) is 6.82. The largest absolute Gasteiger partial charge is 0.295 e. The zero-order valence-corrected chi connectivity index (χ0v) is 14.0. The Morgan fingerprint density at radius 2 is 1.81 bits per heavy atom. The first-order valence-electron chi connectivity index (χ1n) is 9.19. The molecule has 4 unspecified atom stereocenters. The van der Waals surface area contributed by atoms with Crippen LogP contribution in [0, 0.1) is 34.5 Å². The quantitative estimate of drug-likeness (QED) is 0.601. The van der Waals surface area contributed by atoms with Crippen LogP contribution in [0.1, 0.15) is 72.1 Å². The number of hydrogen-bond acceptors (Lipinski definition) is 1. The topological polar surface area (TPSA) is 17.1 Å². The van der Waals surface area contributed by atoms with E-state index in [1.165, 1.54) is 44.1 Å².